The summed E-state index contributed by atoms with van der Waals surface area (Å²) >= 11 is 0. The summed E-state index contributed by atoms with van der Waals surface area (Å²) in [5, 5.41) is 1.96. The largest absolute Gasteiger partial charge is 0.486 e. The Morgan fingerprint density at radius 1 is 0.824 bits per heavy atom. The molecule has 0 spiro atoms. The Balaban J connectivity index is 1.37. The highest BCUT2D eigenvalue weighted by atomic mass is 32.2. The minimum atomic E-state index is -3.66. The van der Waals surface area contributed by atoms with Gasteiger partial charge in [-0.15, -0.1) is 0 Å². The molecule has 0 saturated carbocycles. The second-order valence-corrected chi connectivity index (χ2v) is 11.0. The number of unbranched alkanes of at least 4 members (excludes halogenated alkanes) is 1. The van der Waals surface area contributed by atoms with E-state index in [1.807, 2.05) is 48.5 Å². The summed E-state index contributed by atoms with van der Waals surface area (Å²) in [5.74, 6) is 1.39. The average Bonchev–Trinajstić information content (AvgIpc) is 3.39. The SMILES string of the molecule is O=S(=O)(c1ccc2ccccc2c1)N(CCCCN1CCCC1)Cc1ccc2c(c1)OCCO2. The summed E-state index contributed by atoms with van der Waals surface area (Å²) in [5.41, 5.74) is 0.896. The van der Waals surface area contributed by atoms with Gasteiger partial charge in [-0.2, -0.15) is 4.31 Å². The highest BCUT2D eigenvalue weighted by Crippen LogP contribution is 2.32. The van der Waals surface area contributed by atoms with Crippen LogP contribution in [0.4, 0.5) is 0 Å². The van der Waals surface area contributed by atoms with Crippen molar-refractivity contribution in [1.82, 2.24) is 9.21 Å². The maximum absolute atomic E-state index is 13.8. The number of hydrogen-bond acceptors (Lipinski definition) is 5. The monoisotopic (exact) mass is 480 g/mol. The zero-order chi connectivity index (χ0) is 23.4. The lowest BCUT2D eigenvalue weighted by Gasteiger charge is -2.24. The van der Waals surface area contributed by atoms with Gasteiger partial charge in [0.2, 0.25) is 10.0 Å². The fraction of sp³-hybridized carbons (Fsp3) is 0.407. The molecule has 0 bridgehead atoms. The molecule has 0 atom stereocenters. The van der Waals surface area contributed by atoms with Gasteiger partial charge in [0.1, 0.15) is 13.2 Å². The molecular formula is C27H32N2O4S. The molecule has 0 N–H and O–H groups in total. The van der Waals surface area contributed by atoms with Crippen molar-refractivity contribution in [1.29, 1.82) is 0 Å². The molecule has 0 amide bonds. The van der Waals surface area contributed by atoms with Crippen molar-refractivity contribution in [2.24, 2.45) is 0 Å². The lowest BCUT2D eigenvalue weighted by molar-refractivity contribution is 0.171. The number of nitrogens with zero attached hydrogens (tertiary/aromatic N) is 2. The summed E-state index contributed by atoms with van der Waals surface area (Å²) in [6, 6.07) is 18.9. The molecule has 0 aliphatic carbocycles. The van der Waals surface area contributed by atoms with Crippen LogP contribution in [0, 0.1) is 0 Å². The van der Waals surface area contributed by atoms with Gasteiger partial charge in [0.05, 0.1) is 4.90 Å². The van der Waals surface area contributed by atoms with Crippen LogP contribution in [-0.4, -0.2) is 57.0 Å². The smallest absolute Gasteiger partial charge is 0.243 e. The van der Waals surface area contributed by atoms with Crippen LogP contribution in [-0.2, 0) is 16.6 Å². The van der Waals surface area contributed by atoms with Crippen LogP contribution in [0.3, 0.4) is 0 Å². The Kier molecular flexibility index (Phi) is 7.04. The van der Waals surface area contributed by atoms with Crippen LogP contribution >= 0.6 is 0 Å². The predicted octanol–water partition coefficient (Wildman–Crippen LogP) is 4.68. The summed E-state index contributed by atoms with van der Waals surface area (Å²) in [7, 11) is -3.66. The molecule has 7 heteroatoms. The average molecular weight is 481 g/mol. The Hall–Kier alpha value is -2.61. The van der Waals surface area contributed by atoms with Gasteiger partial charge in [0, 0.05) is 13.1 Å². The minimum absolute atomic E-state index is 0.301. The third-order valence-corrected chi connectivity index (χ3v) is 8.50. The van der Waals surface area contributed by atoms with E-state index in [4.69, 9.17) is 9.47 Å². The molecule has 2 aliphatic rings. The van der Waals surface area contributed by atoms with Crippen LogP contribution in [0.2, 0.25) is 0 Å². The van der Waals surface area contributed by atoms with E-state index in [0.717, 1.165) is 48.8 Å². The number of ether oxygens (including phenoxy) is 2. The van der Waals surface area contributed by atoms with E-state index >= 15 is 0 Å². The predicted molar refractivity (Wildman–Crippen MR) is 134 cm³/mol. The van der Waals surface area contributed by atoms with Crippen molar-refractivity contribution >= 4 is 20.8 Å². The van der Waals surface area contributed by atoms with Gasteiger partial charge in [0.15, 0.2) is 11.5 Å². The van der Waals surface area contributed by atoms with Crippen molar-refractivity contribution in [3.63, 3.8) is 0 Å². The molecule has 0 radical (unpaired) electrons. The number of likely N-dealkylation sites (tertiary alicyclic amines) is 1. The van der Waals surface area contributed by atoms with Crippen molar-refractivity contribution in [3.8, 4) is 11.5 Å². The topological polar surface area (TPSA) is 59.1 Å². The summed E-state index contributed by atoms with van der Waals surface area (Å²) < 4.78 is 40.5. The fourth-order valence-electron chi connectivity index (χ4n) is 4.78. The van der Waals surface area contributed by atoms with Gasteiger partial charge in [-0.1, -0.05) is 36.4 Å². The number of benzene rings is 3. The second kappa shape index (κ2) is 10.3. The fourth-order valence-corrected chi connectivity index (χ4v) is 6.28. The molecule has 3 aromatic carbocycles. The Bertz CT molecular complexity index is 1240. The van der Waals surface area contributed by atoms with Crippen LogP contribution < -0.4 is 9.47 Å². The molecule has 2 aliphatic heterocycles. The number of hydrogen-bond donors (Lipinski definition) is 0. The van der Waals surface area contributed by atoms with E-state index in [-0.39, 0.29) is 0 Å². The lowest BCUT2D eigenvalue weighted by atomic mass is 10.1. The molecule has 2 heterocycles. The maximum Gasteiger partial charge on any atom is 0.243 e. The van der Waals surface area contributed by atoms with E-state index in [1.54, 1.807) is 16.4 Å². The van der Waals surface area contributed by atoms with Gasteiger partial charge >= 0.3 is 0 Å². The first-order chi connectivity index (χ1) is 16.6. The number of fused-ring (bicyclic) bond motifs is 2. The Morgan fingerprint density at radius 2 is 1.59 bits per heavy atom. The van der Waals surface area contributed by atoms with Gasteiger partial charge in [0.25, 0.3) is 0 Å². The molecule has 5 rings (SSSR count). The van der Waals surface area contributed by atoms with Crippen molar-refractivity contribution in [3.05, 3.63) is 66.2 Å². The zero-order valence-electron chi connectivity index (χ0n) is 19.5. The summed E-state index contributed by atoms with van der Waals surface area (Å²) in [6.45, 7) is 5.19. The van der Waals surface area contributed by atoms with Crippen LogP contribution in [0.5, 0.6) is 11.5 Å². The van der Waals surface area contributed by atoms with E-state index < -0.39 is 10.0 Å². The molecule has 34 heavy (non-hydrogen) atoms. The summed E-state index contributed by atoms with van der Waals surface area (Å²) in [4.78, 5) is 2.81. The first-order valence-corrected chi connectivity index (χ1v) is 13.6. The lowest BCUT2D eigenvalue weighted by Crippen LogP contribution is -2.32. The maximum atomic E-state index is 13.8. The third kappa shape index (κ3) is 5.22. The van der Waals surface area contributed by atoms with Crippen molar-refractivity contribution < 1.29 is 17.9 Å². The third-order valence-electron chi connectivity index (χ3n) is 6.65. The Morgan fingerprint density at radius 3 is 2.41 bits per heavy atom. The van der Waals surface area contributed by atoms with Gasteiger partial charge < -0.3 is 14.4 Å². The van der Waals surface area contributed by atoms with Gasteiger partial charge in [-0.3, -0.25) is 0 Å². The number of rotatable bonds is 9. The molecule has 1 saturated heterocycles. The highest BCUT2D eigenvalue weighted by molar-refractivity contribution is 7.89. The van der Waals surface area contributed by atoms with E-state index in [9.17, 15) is 8.42 Å². The first kappa shape index (κ1) is 23.1. The molecule has 0 aromatic heterocycles. The van der Waals surface area contributed by atoms with Gasteiger partial charge in [-0.25, -0.2) is 8.42 Å². The van der Waals surface area contributed by atoms with Crippen LogP contribution in [0.1, 0.15) is 31.2 Å². The standard InChI is InChI=1S/C27H32N2O4S/c30-34(31,25-11-10-23-7-1-2-8-24(23)20-25)29(16-6-5-15-28-13-3-4-14-28)21-22-9-12-26-27(19-22)33-18-17-32-26/h1-2,7-12,19-20H,3-6,13-18,21H2. The van der Waals surface area contributed by atoms with E-state index in [1.165, 1.54) is 12.8 Å². The van der Waals surface area contributed by atoms with Gasteiger partial charge in [-0.05, 0) is 85.9 Å². The van der Waals surface area contributed by atoms with Crippen molar-refractivity contribution in [2.45, 2.75) is 37.1 Å². The number of sulfonamides is 1. The minimum Gasteiger partial charge on any atom is -0.486 e. The second-order valence-electron chi connectivity index (χ2n) is 9.08. The molecule has 180 valence electrons. The Labute approximate surface area is 202 Å². The summed E-state index contributed by atoms with van der Waals surface area (Å²) in [6.07, 6.45) is 4.36. The van der Waals surface area contributed by atoms with Crippen LogP contribution in [0.25, 0.3) is 10.8 Å². The first-order valence-electron chi connectivity index (χ1n) is 12.2. The molecule has 6 nitrogen and oxygen atoms in total. The molecule has 0 unspecified atom stereocenters. The molecule has 3 aromatic rings. The molecular weight excluding hydrogens is 448 g/mol. The quantitative estimate of drug-likeness (QED) is 0.416. The van der Waals surface area contributed by atoms with Crippen molar-refractivity contribution in [2.75, 3.05) is 39.4 Å². The van der Waals surface area contributed by atoms with E-state index in [2.05, 4.69) is 4.90 Å². The normalized spacial score (nSPS) is 16.4. The highest BCUT2D eigenvalue weighted by Gasteiger charge is 2.25. The zero-order valence-corrected chi connectivity index (χ0v) is 20.3. The van der Waals surface area contributed by atoms with Crippen LogP contribution in [0.15, 0.2) is 65.6 Å². The molecule has 1 fully saturated rings. The van der Waals surface area contributed by atoms with E-state index in [0.29, 0.717) is 42.7 Å².